The van der Waals surface area contributed by atoms with Crippen LogP contribution in [0, 0.1) is 12.7 Å². The Morgan fingerprint density at radius 2 is 1.67 bits per heavy atom. The molecule has 0 atom stereocenters. The maximum absolute atomic E-state index is 13.2. The number of aromatic nitrogens is 4. The van der Waals surface area contributed by atoms with Gasteiger partial charge in [0.25, 0.3) is 5.56 Å². The summed E-state index contributed by atoms with van der Waals surface area (Å²) in [5, 5.41) is 0.584. The van der Waals surface area contributed by atoms with Gasteiger partial charge in [0.15, 0.2) is 5.16 Å². The monoisotopic (exact) mass is 418 g/mol. The van der Waals surface area contributed by atoms with Crippen LogP contribution in [0.4, 0.5) is 4.39 Å². The summed E-state index contributed by atoms with van der Waals surface area (Å²) in [5.74, 6) is 0.303. The molecule has 5 nitrogen and oxygen atoms in total. The maximum Gasteiger partial charge on any atom is 0.277 e. The Balaban J connectivity index is 1.70. The molecule has 150 valence electrons. The molecule has 0 fully saturated rings. The van der Waals surface area contributed by atoms with E-state index < -0.39 is 0 Å². The second-order valence-corrected chi connectivity index (χ2v) is 7.84. The molecule has 7 heteroatoms. The summed E-state index contributed by atoms with van der Waals surface area (Å²) >= 11 is 1.44. The highest BCUT2D eigenvalue weighted by Crippen LogP contribution is 2.24. The van der Waals surface area contributed by atoms with Gasteiger partial charge in [0.2, 0.25) is 0 Å². The van der Waals surface area contributed by atoms with Crippen molar-refractivity contribution < 1.29 is 4.39 Å². The molecule has 0 aliphatic heterocycles. The van der Waals surface area contributed by atoms with Gasteiger partial charge in [-0.2, -0.15) is 4.98 Å². The molecule has 0 saturated carbocycles. The zero-order valence-electron chi connectivity index (χ0n) is 16.3. The number of aryl methyl sites for hydroxylation is 1. The molecule has 2 aromatic heterocycles. The van der Waals surface area contributed by atoms with Crippen LogP contribution < -0.4 is 5.56 Å². The molecule has 0 saturated heterocycles. The molecule has 4 aromatic rings. The van der Waals surface area contributed by atoms with E-state index in [1.54, 1.807) is 24.5 Å². The van der Waals surface area contributed by atoms with Crippen molar-refractivity contribution in [2.45, 2.75) is 24.3 Å². The minimum Gasteiger partial charge on any atom is -0.296 e. The van der Waals surface area contributed by atoms with E-state index in [1.807, 2.05) is 42.0 Å². The van der Waals surface area contributed by atoms with Gasteiger partial charge in [-0.25, -0.2) is 14.4 Å². The SMILES string of the molecule is Cc1ccc(-n2cc(Cc3cncnc3)c(=O)nc2SCc2ccc(F)cc2)cc1. The van der Waals surface area contributed by atoms with Crippen molar-refractivity contribution in [1.82, 2.24) is 19.5 Å². The fourth-order valence-corrected chi connectivity index (χ4v) is 3.89. The molecule has 0 radical (unpaired) electrons. The molecular weight excluding hydrogens is 399 g/mol. The zero-order valence-corrected chi connectivity index (χ0v) is 17.1. The largest absolute Gasteiger partial charge is 0.296 e. The molecule has 4 rings (SSSR count). The average Bonchev–Trinajstić information content (AvgIpc) is 2.76. The molecule has 0 N–H and O–H groups in total. The number of thioether (sulfide) groups is 1. The molecule has 0 aliphatic carbocycles. The molecule has 0 bridgehead atoms. The smallest absolute Gasteiger partial charge is 0.277 e. The van der Waals surface area contributed by atoms with Crippen molar-refractivity contribution >= 4 is 11.8 Å². The molecule has 0 spiro atoms. The van der Waals surface area contributed by atoms with Crippen molar-refractivity contribution in [1.29, 1.82) is 0 Å². The van der Waals surface area contributed by atoms with Crippen molar-refractivity contribution in [2.75, 3.05) is 0 Å². The second kappa shape index (κ2) is 9.00. The number of hydrogen-bond acceptors (Lipinski definition) is 5. The average molecular weight is 418 g/mol. The van der Waals surface area contributed by atoms with Crippen LogP contribution in [-0.4, -0.2) is 19.5 Å². The summed E-state index contributed by atoms with van der Waals surface area (Å²) < 4.78 is 15.1. The highest BCUT2D eigenvalue weighted by Gasteiger charge is 2.12. The first-order chi connectivity index (χ1) is 14.6. The Hall–Kier alpha value is -3.32. The van der Waals surface area contributed by atoms with Gasteiger partial charge in [0, 0.05) is 42.0 Å². The zero-order chi connectivity index (χ0) is 20.9. The van der Waals surface area contributed by atoms with E-state index in [2.05, 4.69) is 15.0 Å². The lowest BCUT2D eigenvalue weighted by molar-refractivity contribution is 0.627. The number of nitrogens with zero attached hydrogens (tertiary/aromatic N) is 4. The Labute approximate surface area is 177 Å². The molecule has 0 aliphatic rings. The van der Waals surface area contributed by atoms with Gasteiger partial charge in [0.05, 0.1) is 0 Å². The van der Waals surface area contributed by atoms with Crippen molar-refractivity contribution in [2.24, 2.45) is 0 Å². The summed E-state index contributed by atoms with van der Waals surface area (Å²) in [6.45, 7) is 2.03. The summed E-state index contributed by atoms with van der Waals surface area (Å²) in [6, 6.07) is 14.4. The standard InChI is InChI=1S/C23H19FN4OS/c1-16-2-8-21(9-3-16)28-13-19(10-18-11-25-15-26-12-18)22(29)27-23(28)30-14-17-4-6-20(24)7-5-17/h2-9,11-13,15H,10,14H2,1H3. The van der Waals surface area contributed by atoms with Crippen LogP contribution in [0.25, 0.3) is 5.69 Å². The summed E-state index contributed by atoms with van der Waals surface area (Å²) in [5.41, 5.74) is 4.16. The first-order valence-electron chi connectivity index (χ1n) is 9.39. The minimum atomic E-state index is -0.274. The fourth-order valence-electron chi connectivity index (χ4n) is 2.96. The van der Waals surface area contributed by atoms with Crippen molar-refractivity contribution in [3.8, 4) is 5.69 Å². The van der Waals surface area contributed by atoms with Gasteiger partial charge in [-0.3, -0.25) is 9.36 Å². The van der Waals surface area contributed by atoms with Gasteiger partial charge in [-0.1, -0.05) is 41.6 Å². The highest BCUT2D eigenvalue weighted by molar-refractivity contribution is 7.98. The Kier molecular flexibility index (Phi) is 5.99. The van der Waals surface area contributed by atoms with Crippen LogP contribution in [-0.2, 0) is 12.2 Å². The second-order valence-electron chi connectivity index (χ2n) is 6.90. The van der Waals surface area contributed by atoms with Crippen molar-refractivity contribution in [3.05, 3.63) is 112 Å². The third kappa shape index (κ3) is 4.80. The van der Waals surface area contributed by atoms with E-state index in [1.165, 1.54) is 30.2 Å². The third-order valence-electron chi connectivity index (χ3n) is 4.56. The summed E-state index contributed by atoms with van der Waals surface area (Å²) in [4.78, 5) is 25.1. The van der Waals surface area contributed by atoms with Crippen LogP contribution in [0.1, 0.15) is 22.3 Å². The predicted octanol–water partition coefficient (Wildman–Crippen LogP) is 4.35. The first-order valence-corrected chi connectivity index (χ1v) is 10.4. The minimum absolute atomic E-state index is 0.271. The van der Waals surface area contributed by atoms with Crippen LogP contribution in [0.5, 0.6) is 0 Å². The normalized spacial score (nSPS) is 10.9. The highest BCUT2D eigenvalue weighted by atomic mass is 32.2. The summed E-state index contributed by atoms with van der Waals surface area (Å²) in [6.07, 6.45) is 7.09. The van der Waals surface area contributed by atoms with Crippen LogP contribution in [0.3, 0.4) is 0 Å². The molecular formula is C23H19FN4OS. The van der Waals surface area contributed by atoms with Gasteiger partial charge in [-0.05, 0) is 42.3 Å². The van der Waals surface area contributed by atoms with Crippen LogP contribution >= 0.6 is 11.8 Å². The van der Waals surface area contributed by atoms with Gasteiger partial charge in [0.1, 0.15) is 12.1 Å². The predicted molar refractivity (Wildman–Crippen MR) is 115 cm³/mol. The van der Waals surface area contributed by atoms with E-state index in [0.29, 0.717) is 22.9 Å². The molecule has 30 heavy (non-hydrogen) atoms. The number of hydrogen-bond donors (Lipinski definition) is 0. The van der Waals surface area contributed by atoms with Gasteiger partial charge >= 0.3 is 0 Å². The van der Waals surface area contributed by atoms with Crippen molar-refractivity contribution in [3.63, 3.8) is 0 Å². The molecule has 2 aromatic carbocycles. The quantitative estimate of drug-likeness (QED) is 0.344. The lowest BCUT2D eigenvalue weighted by Gasteiger charge is -2.14. The first kappa shape index (κ1) is 20.0. The van der Waals surface area contributed by atoms with E-state index in [-0.39, 0.29) is 11.4 Å². The topological polar surface area (TPSA) is 60.7 Å². The van der Waals surface area contributed by atoms with Crippen LogP contribution in [0.15, 0.2) is 83.4 Å². The molecule has 2 heterocycles. The summed E-state index contributed by atoms with van der Waals surface area (Å²) in [7, 11) is 0. The van der Waals surface area contributed by atoms with Gasteiger partial charge < -0.3 is 0 Å². The van der Waals surface area contributed by atoms with Crippen LogP contribution in [0.2, 0.25) is 0 Å². The maximum atomic E-state index is 13.2. The van der Waals surface area contributed by atoms with E-state index >= 15 is 0 Å². The lowest BCUT2D eigenvalue weighted by atomic mass is 10.1. The Bertz CT molecular complexity index is 1190. The van der Waals surface area contributed by atoms with E-state index in [4.69, 9.17) is 0 Å². The Morgan fingerprint density at radius 1 is 0.967 bits per heavy atom. The fraction of sp³-hybridized carbons (Fsp3) is 0.130. The van der Waals surface area contributed by atoms with E-state index in [0.717, 1.165) is 22.4 Å². The Morgan fingerprint density at radius 3 is 2.37 bits per heavy atom. The number of halogens is 1. The molecule has 0 unspecified atom stereocenters. The lowest BCUT2D eigenvalue weighted by Crippen LogP contribution is -2.19. The number of rotatable bonds is 6. The molecule has 0 amide bonds. The third-order valence-corrected chi connectivity index (χ3v) is 5.59. The van der Waals surface area contributed by atoms with E-state index in [9.17, 15) is 9.18 Å². The number of benzene rings is 2. The van der Waals surface area contributed by atoms with Gasteiger partial charge in [-0.15, -0.1) is 0 Å².